The Labute approximate surface area is 154 Å². The fraction of sp³-hybridized carbons (Fsp3) is 0.474. The monoisotopic (exact) mass is 357 g/mol. The van der Waals surface area contributed by atoms with Crippen LogP contribution < -0.4 is 5.32 Å². The first-order valence-electron chi connectivity index (χ1n) is 8.79. The maximum absolute atomic E-state index is 4.46. The van der Waals surface area contributed by atoms with Gasteiger partial charge in [-0.2, -0.15) is 5.10 Å². The van der Waals surface area contributed by atoms with E-state index >= 15 is 0 Å². The minimum Gasteiger partial charge on any atom is -0.355 e. The molecule has 0 amide bonds. The summed E-state index contributed by atoms with van der Waals surface area (Å²) in [5.41, 5.74) is 2.63. The van der Waals surface area contributed by atoms with Crippen molar-refractivity contribution in [1.29, 1.82) is 0 Å². The van der Waals surface area contributed by atoms with Crippen molar-refractivity contribution in [3.63, 3.8) is 0 Å². The molecule has 0 radical (unpaired) electrons. The van der Waals surface area contributed by atoms with Crippen molar-refractivity contribution in [2.45, 2.75) is 24.2 Å². The lowest BCUT2D eigenvalue weighted by Crippen LogP contribution is -2.40. The van der Waals surface area contributed by atoms with Crippen LogP contribution in [0.4, 0.5) is 0 Å². The molecule has 2 aromatic rings. The number of aliphatic imine (C=N–C) groups is 1. The standard InChI is InChI=1S/C19H27N5S/c1-15-4-6-18(7-5-15)25-11-9-21-19(20-2)24-10-8-16(14-24)17-12-22-23(3)13-17/h4-7,12-13,16H,8-11,14H2,1-3H3,(H,20,21). The van der Waals surface area contributed by atoms with Gasteiger partial charge >= 0.3 is 0 Å². The number of thioether (sulfide) groups is 1. The normalized spacial score (nSPS) is 18.0. The first-order valence-corrected chi connectivity index (χ1v) is 9.78. The summed E-state index contributed by atoms with van der Waals surface area (Å²) in [5, 5.41) is 7.80. The Morgan fingerprint density at radius 1 is 1.36 bits per heavy atom. The highest BCUT2D eigenvalue weighted by molar-refractivity contribution is 7.99. The van der Waals surface area contributed by atoms with Gasteiger partial charge in [-0.1, -0.05) is 17.7 Å². The highest BCUT2D eigenvalue weighted by Gasteiger charge is 2.26. The third kappa shape index (κ3) is 4.78. The van der Waals surface area contributed by atoms with Crippen LogP contribution in [-0.4, -0.2) is 53.1 Å². The molecule has 0 bridgehead atoms. The predicted molar refractivity (Wildman–Crippen MR) is 105 cm³/mol. The number of guanidine groups is 1. The molecule has 1 fully saturated rings. The van der Waals surface area contributed by atoms with Crippen molar-refractivity contribution in [2.75, 3.05) is 32.4 Å². The van der Waals surface area contributed by atoms with Crippen LogP contribution in [0, 0.1) is 6.92 Å². The second kappa shape index (κ2) is 8.43. The molecule has 0 aliphatic carbocycles. The lowest BCUT2D eigenvalue weighted by atomic mass is 10.0. The Morgan fingerprint density at radius 3 is 2.84 bits per heavy atom. The maximum atomic E-state index is 4.46. The summed E-state index contributed by atoms with van der Waals surface area (Å²) in [4.78, 5) is 8.14. The van der Waals surface area contributed by atoms with Crippen LogP contribution in [0.15, 0.2) is 46.5 Å². The first-order chi connectivity index (χ1) is 12.2. The van der Waals surface area contributed by atoms with Gasteiger partial charge in [0.25, 0.3) is 0 Å². The molecule has 1 N–H and O–H groups in total. The lowest BCUT2D eigenvalue weighted by Gasteiger charge is -2.21. The van der Waals surface area contributed by atoms with Crippen LogP contribution in [0.5, 0.6) is 0 Å². The quantitative estimate of drug-likeness (QED) is 0.387. The van der Waals surface area contributed by atoms with Crippen molar-refractivity contribution in [3.05, 3.63) is 47.8 Å². The van der Waals surface area contributed by atoms with E-state index in [0.29, 0.717) is 5.92 Å². The van der Waals surface area contributed by atoms with E-state index < -0.39 is 0 Å². The van der Waals surface area contributed by atoms with E-state index in [1.54, 1.807) is 0 Å². The van der Waals surface area contributed by atoms with E-state index in [9.17, 15) is 0 Å². The first kappa shape index (κ1) is 17.9. The van der Waals surface area contributed by atoms with E-state index in [1.807, 2.05) is 36.7 Å². The van der Waals surface area contributed by atoms with Crippen molar-refractivity contribution >= 4 is 17.7 Å². The second-order valence-electron chi connectivity index (χ2n) is 6.51. The van der Waals surface area contributed by atoms with E-state index in [2.05, 4.69) is 57.7 Å². The average Bonchev–Trinajstić information content (AvgIpc) is 3.25. The largest absolute Gasteiger partial charge is 0.355 e. The summed E-state index contributed by atoms with van der Waals surface area (Å²) >= 11 is 1.88. The van der Waals surface area contributed by atoms with Crippen LogP contribution in [-0.2, 0) is 7.05 Å². The molecule has 6 heteroatoms. The highest BCUT2D eigenvalue weighted by Crippen LogP contribution is 2.26. The SMILES string of the molecule is CN=C(NCCSc1ccc(C)cc1)N1CCC(c2cnn(C)c2)C1. The molecule has 3 rings (SSSR count). The lowest BCUT2D eigenvalue weighted by molar-refractivity contribution is 0.488. The van der Waals surface area contributed by atoms with Gasteiger partial charge in [0.15, 0.2) is 5.96 Å². The zero-order valence-corrected chi connectivity index (χ0v) is 16.1. The zero-order chi connectivity index (χ0) is 17.6. The summed E-state index contributed by atoms with van der Waals surface area (Å²) in [7, 11) is 3.84. The molecule has 25 heavy (non-hydrogen) atoms. The Hall–Kier alpha value is -1.95. The smallest absolute Gasteiger partial charge is 0.193 e. The molecule has 1 aromatic carbocycles. The molecular weight excluding hydrogens is 330 g/mol. The van der Waals surface area contributed by atoms with Gasteiger partial charge in [0, 0.05) is 56.5 Å². The van der Waals surface area contributed by atoms with E-state index in [1.165, 1.54) is 16.0 Å². The number of hydrogen-bond donors (Lipinski definition) is 1. The number of nitrogens with zero attached hydrogens (tertiary/aromatic N) is 4. The number of rotatable bonds is 5. The Kier molecular flexibility index (Phi) is 6.02. The maximum Gasteiger partial charge on any atom is 0.193 e. The summed E-state index contributed by atoms with van der Waals surface area (Å²) < 4.78 is 1.88. The molecule has 2 heterocycles. The molecule has 1 unspecified atom stereocenters. The topological polar surface area (TPSA) is 45.5 Å². The molecule has 134 valence electrons. The van der Waals surface area contributed by atoms with Gasteiger partial charge in [-0.25, -0.2) is 0 Å². The van der Waals surface area contributed by atoms with Crippen molar-refractivity contribution in [1.82, 2.24) is 20.0 Å². The molecule has 0 saturated carbocycles. The third-order valence-corrected chi connectivity index (χ3v) is 5.58. The van der Waals surface area contributed by atoms with Gasteiger partial charge in [-0.3, -0.25) is 9.67 Å². The number of aromatic nitrogens is 2. The molecule has 1 aliphatic rings. The summed E-state index contributed by atoms with van der Waals surface area (Å²) in [5.74, 6) is 2.59. The van der Waals surface area contributed by atoms with Gasteiger partial charge in [0.1, 0.15) is 0 Å². The number of nitrogens with one attached hydrogen (secondary N) is 1. The van der Waals surface area contributed by atoms with Crippen molar-refractivity contribution in [3.8, 4) is 0 Å². The van der Waals surface area contributed by atoms with Crippen LogP contribution >= 0.6 is 11.8 Å². The van der Waals surface area contributed by atoms with E-state index in [0.717, 1.165) is 37.8 Å². The van der Waals surface area contributed by atoms with Crippen LogP contribution in [0.1, 0.15) is 23.5 Å². The minimum atomic E-state index is 0.550. The van der Waals surface area contributed by atoms with Crippen LogP contribution in [0.25, 0.3) is 0 Å². The molecule has 1 atom stereocenters. The van der Waals surface area contributed by atoms with Gasteiger partial charge in [-0.15, -0.1) is 11.8 Å². The van der Waals surface area contributed by atoms with Gasteiger partial charge in [0.2, 0.25) is 0 Å². The van der Waals surface area contributed by atoms with Gasteiger partial charge in [-0.05, 0) is 31.0 Å². The highest BCUT2D eigenvalue weighted by atomic mass is 32.2. The fourth-order valence-electron chi connectivity index (χ4n) is 3.17. The fourth-order valence-corrected chi connectivity index (χ4v) is 3.94. The average molecular weight is 358 g/mol. The molecule has 1 saturated heterocycles. The second-order valence-corrected chi connectivity index (χ2v) is 7.68. The summed E-state index contributed by atoms with van der Waals surface area (Å²) in [6.45, 7) is 5.09. The predicted octanol–water partition coefficient (Wildman–Crippen LogP) is 2.89. The van der Waals surface area contributed by atoms with Crippen molar-refractivity contribution in [2.24, 2.45) is 12.0 Å². The zero-order valence-electron chi connectivity index (χ0n) is 15.3. The molecule has 1 aromatic heterocycles. The van der Waals surface area contributed by atoms with E-state index in [4.69, 9.17) is 0 Å². The number of hydrogen-bond acceptors (Lipinski definition) is 3. The van der Waals surface area contributed by atoms with Crippen LogP contribution in [0.2, 0.25) is 0 Å². The Morgan fingerprint density at radius 2 is 2.16 bits per heavy atom. The van der Waals surface area contributed by atoms with Crippen LogP contribution in [0.3, 0.4) is 0 Å². The van der Waals surface area contributed by atoms with Gasteiger partial charge < -0.3 is 10.2 Å². The summed E-state index contributed by atoms with van der Waals surface area (Å²) in [6, 6.07) is 8.70. The van der Waals surface area contributed by atoms with Crippen molar-refractivity contribution < 1.29 is 0 Å². The number of benzene rings is 1. The summed E-state index contributed by atoms with van der Waals surface area (Å²) in [6.07, 6.45) is 5.27. The molecule has 0 spiro atoms. The number of aryl methyl sites for hydroxylation is 2. The minimum absolute atomic E-state index is 0.550. The third-order valence-electron chi connectivity index (χ3n) is 4.57. The number of likely N-dealkylation sites (tertiary alicyclic amines) is 1. The van der Waals surface area contributed by atoms with Gasteiger partial charge in [0.05, 0.1) is 6.20 Å². The molecule has 5 nitrogen and oxygen atoms in total. The molecular formula is C19H27N5S. The molecule has 1 aliphatic heterocycles. The van der Waals surface area contributed by atoms with E-state index in [-0.39, 0.29) is 0 Å². The Bertz CT molecular complexity index is 707. The Balaban J connectivity index is 1.44.